The summed E-state index contributed by atoms with van der Waals surface area (Å²) in [5, 5.41) is 7.49. The van der Waals surface area contributed by atoms with Gasteiger partial charge in [0.1, 0.15) is 0 Å². The molecule has 58 heavy (non-hydrogen) atoms. The van der Waals surface area contributed by atoms with Crippen LogP contribution in [0.2, 0.25) is 0 Å². The molecule has 0 radical (unpaired) electrons. The lowest BCUT2D eigenvalue weighted by Crippen LogP contribution is -2.10. The third-order valence-corrected chi connectivity index (χ3v) is 11.6. The molecule has 0 aliphatic carbocycles. The Bertz CT molecular complexity index is 3260. The van der Waals surface area contributed by atoms with Gasteiger partial charge in [-0.15, -0.1) is 0 Å². The standard InChI is InChI=1S/C56H38N2/c1-2-18-47(19-3-1)58-55-23-9-8-21-53(55)54-35-34-50(38-56(54)58)57(49-32-28-42(29-33-49)52-22-11-15-41-13-6-7-20-51(41)52)48-30-26-40(27-31-48)44-16-10-17-45(36-44)46-25-24-39-12-4-5-14-43(39)37-46/h1-38H. The zero-order valence-electron chi connectivity index (χ0n) is 31.8. The van der Waals surface area contributed by atoms with Crippen LogP contribution in [0.1, 0.15) is 0 Å². The summed E-state index contributed by atoms with van der Waals surface area (Å²) in [6, 6.07) is 83.7. The van der Waals surface area contributed by atoms with Crippen molar-refractivity contribution < 1.29 is 0 Å². The summed E-state index contributed by atoms with van der Waals surface area (Å²) in [6.07, 6.45) is 0. The maximum atomic E-state index is 2.39. The Morgan fingerprint density at radius 1 is 0.276 bits per heavy atom. The topological polar surface area (TPSA) is 8.17 Å². The average Bonchev–Trinajstić information content (AvgIpc) is 3.63. The van der Waals surface area contributed by atoms with Gasteiger partial charge in [-0.1, -0.05) is 164 Å². The van der Waals surface area contributed by atoms with Gasteiger partial charge in [0.2, 0.25) is 0 Å². The number of para-hydroxylation sites is 2. The molecule has 0 spiro atoms. The normalized spacial score (nSPS) is 11.4. The van der Waals surface area contributed by atoms with Crippen LogP contribution in [0.5, 0.6) is 0 Å². The number of aromatic nitrogens is 1. The SMILES string of the molecule is c1ccc(-n2c3ccccc3c3ccc(N(c4ccc(-c5cccc(-c6ccc7ccccc7c6)c5)cc4)c4ccc(-c5cccc6ccccc56)cc4)cc32)cc1. The van der Waals surface area contributed by atoms with E-state index < -0.39 is 0 Å². The molecule has 1 aromatic heterocycles. The van der Waals surface area contributed by atoms with Gasteiger partial charge in [-0.2, -0.15) is 0 Å². The third-order valence-electron chi connectivity index (χ3n) is 11.6. The number of hydrogen-bond donors (Lipinski definition) is 0. The van der Waals surface area contributed by atoms with Gasteiger partial charge in [-0.3, -0.25) is 0 Å². The summed E-state index contributed by atoms with van der Waals surface area (Å²) in [4.78, 5) is 2.38. The van der Waals surface area contributed by atoms with Crippen molar-refractivity contribution in [2.24, 2.45) is 0 Å². The highest BCUT2D eigenvalue weighted by Gasteiger charge is 2.18. The van der Waals surface area contributed by atoms with Crippen LogP contribution in [0.15, 0.2) is 231 Å². The third kappa shape index (κ3) is 5.91. The minimum atomic E-state index is 1.09. The number of anilines is 3. The fourth-order valence-electron chi connectivity index (χ4n) is 8.72. The fourth-order valence-corrected chi connectivity index (χ4v) is 8.72. The molecule has 0 saturated heterocycles. The average molecular weight is 739 g/mol. The molecule has 0 fully saturated rings. The van der Waals surface area contributed by atoms with E-state index in [9.17, 15) is 0 Å². The van der Waals surface area contributed by atoms with Crippen LogP contribution in [-0.2, 0) is 0 Å². The van der Waals surface area contributed by atoms with E-state index in [1.54, 1.807) is 0 Å². The Morgan fingerprint density at radius 3 is 1.62 bits per heavy atom. The van der Waals surface area contributed by atoms with Crippen LogP contribution in [0.4, 0.5) is 17.1 Å². The van der Waals surface area contributed by atoms with Crippen LogP contribution < -0.4 is 4.90 Å². The second-order valence-corrected chi connectivity index (χ2v) is 15.0. The van der Waals surface area contributed by atoms with E-state index in [2.05, 4.69) is 240 Å². The monoisotopic (exact) mass is 738 g/mol. The van der Waals surface area contributed by atoms with Gasteiger partial charge in [0.15, 0.2) is 0 Å². The maximum absolute atomic E-state index is 2.39. The van der Waals surface area contributed by atoms with Gasteiger partial charge in [0, 0.05) is 33.5 Å². The molecule has 11 rings (SSSR count). The summed E-state index contributed by atoms with van der Waals surface area (Å²) in [7, 11) is 0. The molecule has 0 saturated carbocycles. The highest BCUT2D eigenvalue weighted by molar-refractivity contribution is 6.10. The highest BCUT2D eigenvalue weighted by atomic mass is 15.1. The first-order valence-electron chi connectivity index (χ1n) is 19.9. The van der Waals surface area contributed by atoms with E-state index >= 15 is 0 Å². The second kappa shape index (κ2) is 14.1. The van der Waals surface area contributed by atoms with Crippen molar-refractivity contribution in [2.75, 3.05) is 4.90 Å². The first kappa shape index (κ1) is 33.6. The van der Waals surface area contributed by atoms with Crippen molar-refractivity contribution in [3.8, 4) is 39.1 Å². The molecular weight excluding hydrogens is 701 g/mol. The highest BCUT2D eigenvalue weighted by Crippen LogP contribution is 2.41. The molecule has 0 unspecified atom stereocenters. The lowest BCUT2D eigenvalue weighted by Gasteiger charge is -2.26. The first-order chi connectivity index (χ1) is 28.7. The van der Waals surface area contributed by atoms with Crippen molar-refractivity contribution >= 4 is 60.4 Å². The molecule has 2 heteroatoms. The van der Waals surface area contributed by atoms with Crippen LogP contribution in [0.25, 0.3) is 82.4 Å². The molecule has 10 aromatic carbocycles. The van der Waals surface area contributed by atoms with Crippen molar-refractivity contribution in [2.45, 2.75) is 0 Å². The summed E-state index contributed by atoms with van der Waals surface area (Å²) in [6.45, 7) is 0. The van der Waals surface area contributed by atoms with Gasteiger partial charge in [-0.25, -0.2) is 0 Å². The minimum absolute atomic E-state index is 1.09. The summed E-state index contributed by atoms with van der Waals surface area (Å²) >= 11 is 0. The Hall–Kier alpha value is -7.68. The lowest BCUT2D eigenvalue weighted by atomic mass is 9.97. The Balaban J connectivity index is 1.03. The van der Waals surface area contributed by atoms with Crippen molar-refractivity contribution in [1.82, 2.24) is 4.57 Å². The molecule has 1 heterocycles. The second-order valence-electron chi connectivity index (χ2n) is 15.0. The van der Waals surface area contributed by atoms with E-state index in [0.717, 1.165) is 22.7 Å². The smallest absolute Gasteiger partial charge is 0.0561 e. The molecular formula is C56H38N2. The van der Waals surface area contributed by atoms with Crippen molar-refractivity contribution in [1.29, 1.82) is 0 Å². The molecule has 11 aromatic rings. The number of hydrogen-bond acceptors (Lipinski definition) is 1. The number of rotatable bonds is 7. The Morgan fingerprint density at radius 2 is 0.828 bits per heavy atom. The summed E-state index contributed by atoms with van der Waals surface area (Å²) in [5.41, 5.74) is 14.0. The number of nitrogens with zero attached hydrogens (tertiary/aromatic N) is 2. The maximum Gasteiger partial charge on any atom is 0.0561 e. The number of fused-ring (bicyclic) bond motifs is 5. The summed E-state index contributed by atoms with van der Waals surface area (Å²) < 4.78 is 2.39. The molecule has 2 nitrogen and oxygen atoms in total. The summed E-state index contributed by atoms with van der Waals surface area (Å²) in [5.74, 6) is 0. The van der Waals surface area contributed by atoms with E-state index in [1.807, 2.05) is 0 Å². The van der Waals surface area contributed by atoms with Gasteiger partial charge >= 0.3 is 0 Å². The van der Waals surface area contributed by atoms with Crippen molar-refractivity contribution in [3.63, 3.8) is 0 Å². The zero-order valence-corrected chi connectivity index (χ0v) is 31.8. The fraction of sp³-hybridized carbons (Fsp3) is 0. The van der Waals surface area contributed by atoms with E-state index in [1.165, 1.54) is 76.7 Å². The predicted molar refractivity (Wildman–Crippen MR) is 247 cm³/mol. The van der Waals surface area contributed by atoms with E-state index in [4.69, 9.17) is 0 Å². The lowest BCUT2D eigenvalue weighted by molar-refractivity contribution is 1.18. The van der Waals surface area contributed by atoms with Crippen LogP contribution in [0.3, 0.4) is 0 Å². The zero-order chi connectivity index (χ0) is 38.4. The van der Waals surface area contributed by atoms with Crippen LogP contribution >= 0.6 is 0 Å². The minimum Gasteiger partial charge on any atom is -0.310 e. The van der Waals surface area contributed by atoms with Crippen LogP contribution in [0, 0.1) is 0 Å². The predicted octanol–water partition coefficient (Wildman–Crippen LogP) is 15.6. The first-order valence-corrected chi connectivity index (χ1v) is 19.9. The molecule has 0 aliphatic rings. The van der Waals surface area contributed by atoms with Crippen LogP contribution in [-0.4, -0.2) is 4.57 Å². The molecule has 0 N–H and O–H groups in total. The quantitative estimate of drug-likeness (QED) is 0.158. The van der Waals surface area contributed by atoms with Gasteiger partial charge in [-0.05, 0) is 122 Å². The van der Waals surface area contributed by atoms with Gasteiger partial charge in [0.05, 0.1) is 11.0 Å². The van der Waals surface area contributed by atoms with E-state index in [-0.39, 0.29) is 0 Å². The van der Waals surface area contributed by atoms with Gasteiger partial charge in [0.25, 0.3) is 0 Å². The number of benzene rings is 10. The van der Waals surface area contributed by atoms with Crippen molar-refractivity contribution in [3.05, 3.63) is 231 Å². The Kier molecular flexibility index (Phi) is 8.19. The molecule has 0 bridgehead atoms. The Labute approximate surface area is 338 Å². The molecule has 272 valence electrons. The molecule has 0 aliphatic heterocycles. The molecule has 0 amide bonds. The largest absolute Gasteiger partial charge is 0.310 e. The van der Waals surface area contributed by atoms with E-state index in [0.29, 0.717) is 0 Å². The molecule has 0 atom stereocenters. The van der Waals surface area contributed by atoms with Gasteiger partial charge < -0.3 is 9.47 Å².